The fourth-order valence-corrected chi connectivity index (χ4v) is 5.65. The number of hydrogen-bond donors (Lipinski definition) is 1. The molecule has 138 valence electrons. The van der Waals surface area contributed by atoms with Crippen LogP contribution in [0.1, 0.15) is 33.9 Å². The molecule has 5 nitrogen and oxygen atoms in total. The molecule has 1 atom stereocenters. The van der Waals surface area contributed by atoms with Gasteiger partial charge >= 0.3 is 0 Å². The van der Waals surface area contributed by atoms with Crippen molar-refractivity contribution in [2.45, 2.75) is 38.6 Å². The van der Waals surface area contributed by atoms with Gasteiger partial charge in [-0.25, -0.2) is 8.42 Å². The molecule has 1 aliphatic rings. The highest BCUT2D eigenvalue weighted by Crippen LogP contribution is 2.33. The summed E-state index contributed by atoms with van der Waals surface area (Å²) in [4.78, 5) is 12.9. The molecule has 0 bridgehead atoms. The van der Waals surface area contributed by atoms with Gasteiger partial charge in [0, 0.05) is 13.1 Å². The molecular formula is C20H24N2O3S. The molecule has 0 aliphatic carbocycles. The third-order valence-corrected chi connectivity index (χ3v) is 6.90. The van der Waals surface area contributed by atoms with Gasteiger partial charge in [-0.2, -0.15) is 4.31 Å². The van der Waals surface area contributed by atoms with Crippen LogP contribution in [0.2, 0.25) is 0 Å². The van der Waals surface area contributed by atoms with Gasteiger partial charge in [0.15, 0.2) is 0 Å². The lowest BCUT2D eigenvalue weighted by molar-refractivity contribution is -0.126. The highest BCUT2D eigenvalue weighted by Gasteiger charge is 2.40. The van der Waals surface area contributed by atoms with E-state index < -0.39 is 16.1 Å². The summed E-state index contributed by atoms with van der Waals surface area (Å²) >= 11 is 0. The first-order chi connectivity index (χ1) is 12.2. The van der Waals surface area contributed by atoms with Crippen molar-refractivity contribution in [1.29, 1.82) is 0 Å². The van der Waals surface area contributed by atoms with E-state index in [-0.39, 0.29) is 12.5 Å². The number of piperazine rings is 1. The second-order valence-corrected chi connectivity index (χ2v) is 8.78. The number of carbonyl (C=O) groups is 1. The summed E-state index contributed by atoms with van der Waals surface area (Å²) in [7, 11) is -3.81. The Hall–Kier alpha value is -2.18. The average molecular weight is 372 g/mol. The lowest BCUT2D eigenvalue weighted by atomic mass is 10.0. The van der Waals surface area contributed by atoms with Gasteiger partial charge < -0.3 is 5.32 Å². The summed E-state index contributed by atoms with van der Waals surface area (Å²) < 4.78 is 28.3. The van der Waals surface area contributed by atoms with Gasteiger partial charge in [0.1, 0.15) is 6.04 Å². The van der Waals surface area contributed by atoms with Crippen molar-refractivity contribution in [2.24, 2.45) is 0 Å². The fraction of sp³-hybridized carbons (Fsp3) is 0.350. The van der Waals surface area contributed by atoms with Gasteiger partial charge in [0.05, 0.1) is 4.90 Å². The van der Waals surface area contributed by atoms with Crippen LogP contribution in [0.3, 0.4) is 0 Å². The standard InChI is InChI=1S/C20H24N2O3S/c1-13-5-7-17(8-6-13)18-20(23)21-9-10-22(18)26(24,25)19-15(3)11-14(2)12-16(19)4/h5-8,11-12,18H,9-10H2,1-4H3,(H,21,23). The summed E-state index contributed by atoms with van der Waals surface area (Å²) in [5.41, 5.74) is 4.17. The fourth-order valence-electron chi connectivity index (χ4n) is 3.66. The molecule has 2 aromatic carbocycles. The zero-order valence-electron chi connectivity index (χ0n) is 15.5. The predicted octanol–water partition coefficient (Wildman–Crippen LogP) is 2.78. The Morgan fingerprint density at radius 1 is 0.962 bits per heavy atom. The normalized spacial score (nSPS) is 18.6. The summed E-state index contributed by atoms with van der Waals surface area (Å²) in [5.74, 6) is -0.286. The monoisotopic (exact) mass is 372 g/mol. The summed E-state index contributed by atoms with van der Waals surface area (Å²) in [5, 5.41) is 2.79. The third-order valence-electron chi connectivity index (χ3n) is 4.73. The molecule has 0 radical (unpaired) electrons. The van der Waals surface area contributed by atoms with Crippen LogP contribution in [-0.4, -0.2) is 31.7 Å². The van der Waals surface area contributed by atoms with Crippen LogP contribution < -0.4 is 5.32 Å². The van der Waals surface area contributed by atoms with Crippen LogP contribution >= 0.6 is 0 Å². The van der Waals surface area contributed by atoms with Gasteiger partial charge in [-0.15, -0.1) is 0 Å². The number of hydrogen-bond acceptors (Lipinski definition) is 3. The third kappa shape index (κ3) is 3.27. The molecule has 2 aromatic rings. The van der Waals surface area contributed by atoms with Crippen LogP contribution in [-0.2, 0) is 14.8 Å². The van der Waals surface area contributed by atoms with Crippen LogP contribution in [0.5, 0.6) is 0 Å². The van der Waals surface area contributed by atoms with Crippen molar-refractivity contribution in [3.63, 3.8) is 0 Å². The minimum absolute atomic E-state index is 0.249. The van der Waals surface area contributed by atoms with Crippen LogP contribution in [0.15, 0.2) is 41.3 Å². The number of aryl methyl sites for hydroxylation is 4. The topological polar surface area (TPSA) is 66.5 Å². The van der Waals surface area contributed by atoms with Gasteiger partial charge in [0.25, 0.3) is 0 Å². The molecule has 0 saturated carbocycles. The van der Waals surface area contributed by atoms with Crippen LogP contribution in [0.4, 0.5) is 0 Å². The van der Waals surface area contributed by atoms with Gasteiger partial charge in [-0.05, 0) is 44.4 Å². The Bertz CT molecular complexity index is 927. The highest BCUT2D eigenvalue weighted by molar-refractivity contribution is 7.89. The van der Waals surface area contributed by atoms with Crippen molar-refractivity contribution >= 4 is 15.9 Å². The Morgan fingerprint density at radius 3 is 2.12 bits per heavy atom. The largest absolute Gasteiger partial charge is 0.353 e. The van der Waals surface area contributed by atoms with E-state index in [4.69, 9.17) is 0 Å². The smallest absolute Gasteiger partial charge is 0.244 e. The SMILES string of the molecule is Cc1ccc(C2C(=O)NCCN2S(=O)(=O)c2c(C)cc(C)cc2C)cc1. The number of benzene rings is 2. The van der Waals surface area contributed by atoms with Crippen molar-refractivity contribution in [2.75, 3.05) is 13.1 Å². The minimum Gasteiger partial charge on any atom is -0.353 e. The Morgan fingerprint density at radius 2 is 1.54 bits per heavy atom. The summed E-state index contributed by atoms with van der Waals surface area (Å²) in [6.45, 7) is 8.07. The van der Waals surface area contributed by atoms with E-state index >= 15 is 0 Å². The quantitative estimate of drug-likeness (QED) is 0.901. The lowest BCUT2D eigenvalue weighted by Gasteiger charge is -2.35. The number of carbonyl (C=O) groups excluding carboxylic acids is 1. The van der Waals surface area contributed by atoms with Gasteiger partial charge in [0.2, 0.25) is 15.9 Å². The number of nitrogens with one attached hydrogen (secondary N) is 1. The van der Waals surface area contributed by atoms with Gasteiger partial charge in [-0.3, -0.25) is 4.79 Å². The van der Waals surface area contributed by atoms with Crippen molar-refractivity contribution in [1.82, 2.24) is 9.62 Å². The lowest BCUT2D eigenvalue weighted by Crippen LogP contribution is -2.52. The second-order valence-electron chi connectivity index (χ2n) is 6.95. The zero-order valence-corrected chi connectivity index (χ0v) is 16.4. The maximum atomic E-state index is 13.5. The average Bonchev–Trinajstić information content (AvgIpc) is 2.54. The van der Waals surface area contributed by atoms with Crippen LogP contribution in [0.25, 0.3) is 0 Å². The Kier molecular flexibility index (Phi) is 4.90. The molecular weight excluding hydrogens is 348 g/mol. The first-order valence-corrected chi connectivity index (χ1v) is 10.1. The van der Waals surface area contributed by atoms with Gasteiger partial charge in [-0.1, -0.05) is 47.5 Å². The van der Waals surface area contributed by atoms with E-state index in [0.717, 1.165) is 11.1 Å². The number of amides is 1. The molecule has 1 unspecified atom stereocenters. The van der Waals surface area contributed by atoms with E-state index in [0.29, 0.717) is 28.1 Å². The van der Waals surface area contributed by atoms with E-state index in [2.05, 4.69) is 5.32 Å². The van der Waals surface area contributed by atoms with E-state index in [1.165, 1.54) is 4.31 Å². The molecule has 1 aliphatic heterocycles. The van der Waals surface area contributed by atoms with Crippen LogP contribution in [0, 0.1) is 27.7 Å². The predicted molar refractivity (Wildman–Crippen MR) is 101 cm³/mol. The molecule has 26 heavy (non-hydrogen) atoms. The van der Waals surface area contributed by atoms with E-state index in [1.807, 2.05) is 50.2 Å². The number of rotatable bonds is 3. The molecule has 0 spiro atoms. The van der Waals surface area contributed by atoms with Crippen molar-refractivity contribution in [3.05, 3.63) is 64.2 Å². The molecule has 6 heteroatoms. The molecule has 1 N–H and O–H groups in total. The molecule has 1 amide bonds. The maximum absolute atomic E-state index is 13.5. The Labute approximate surface area is 155 Å². The van der Waals surface area contributed by atoms with E-state index in [1.54, 1.807) is 13.8 Å². The molecule has 1 saturated heterocycles. The molecule has 3 rings (SSSR count). The van der Waals surface area contributed by atoms with Crippen molar-refractivity contribution < 1.29 is 13.2 Å². The maximum Gasteiger partial charge on any atom is 0.244 e. The first-order valence-electron chi connectivity index (χ1n) is 8.66. The molecule has 0 aromatic heterocycles. The minimum atomic E-state index is -3.81. The summed E-state index contributed by atoms with van der Waals surface area (Å²) in [6.07, 6.45) is 0. The number of nitrogens with zero attached hydrogens (tertiary/aromatic N) is 1. The zero-order chi connectivity index (χ0) is 19.1. The first kappa shape index (κ1) is 18.6. The number of sulfonamides is 1. The Balaban J connectivity index is 2.12. The van der Waals surface area contributed by atoms with E-state index in [9.17, 15) is 13.2 Å². The molecule has 1 heterocycles. The molecule has 1 fully saturated rings. The highest BCUT2D eigenvalue weighted by atomic mass is 32.2. The second kappa shape index (κ2) is 6.85. The summed E-state index contributed by atoms with van der Waals surface area (Å²) in [6, 6.07) is 10.3. The van der Waals surface area contributed by atoms with Crippen molar-refractivity contribution in [3.8, 4) is 0 Å².